The summed E-state index contributed by atoms with van der Waals surface area (Å²) in [5.41, 5.74) is 0.168. The Morgan fingerprint density at radius 3 is 2.67 bits per heavy atom. The van der Waals surface area contributed by atoms with E-state index in [0.717, 1.165) is 11.3 Å². The number of ether oxygens (including phenoxy) is 1. The molecule has 0 saturated heterocycles. The summed E-state index contributed by atoms with van der Waals surface area (Å²) in [6.07, 6.45) is 0. The van der Waals surface area contributed by atoms with E-state index in [2.05, 4.69) is 15.9 Å². The fourth-order valence-corrected chi connectivity index (χ4v) is 3.87. The van der Waals surface area contributed by atoms with Gasteiger partial charge in [-0.3, -0.25) is 0 Å². The topological polar surface area (TPSA) is 60.4 Å². The van der Waals surface area contributed by atoms with Crippen molar-refractivity contribution in [3.05, 3.63) is 15.4 Å². The maximum absolute atomic E-state index is 11.3. The Morgan fingerprint density at radius 1 is 1.67 bits per heavy atom. The van der Waals surface area contributed by atoms with Gasteiger partial charge in [0, 0.05) is 10.7 Å². The van der Waals surface area contributed by atoms with E-state index in [1.54, 1.807) is 6.92 Å². The molecular weight excluding hydrogens is 328 g/mol. The second-order valence-electron chi connectivity index (χ2n) is 2.41. The molecular formula is C7H6BrClO4S2. The van der Waals surface area contributed by atoms with Gasteiger partial charge in [-0.15, -0.1) is 11.3 Å². The predicted molar refractivity (Wildman–Crippen MR) is 61.0 cm³/mol. The van der Waals surface area contributed by atoms with E-state index in [4.69, 9.17) is 15.4 Å². The van der Waals surface area contributed by atoms with Crippen LogP contribution in [-0.4, -0.2) is 21.0 Å². The summed E-state index contributed by atoms with van der Waals surface area (Å²) >= 11 is 3.95. The highest BCUT2D eigenvalue weighted by Gasteiger charge is 2.21. The molecule has 0 atom stereocenters. The van der Waals surface area contributed by atoms with Crippen LogP contribution in [0.25, 0.3) is 0 Å². The third-order valence-corrected chi connectivity index (χ3v) is 5.31. The van der Waals surface area contributed by atoms with Crippen LogP contribution in [0.3, 0.4) is 0 Å². The number of halogens is 2. The molecule has 1 heterocycles. The van der Waals surface area contributed by atoms with Crippen LogP contribution in [0.2, 0.25) is 0 Å². The monoisotopic (exact) mass is 332 g/mol. The molecule has 4 nitrogen and oxygen atoms in total. The van der Waals surface area contributed by atoms with Crippen molar-refractivity contribution in [2.45, 2.75) is 11.1 Å². The number of thiophene rings is 1. The van der Waals surface area contributed by atoms with Gasteiger partial charge in [-0.1, -0.05) is 0 Å². The van der Waals surface area contributed by atoms with Crippen LogP contribution in [0.5, 0.6) is 0 Å². The molecule has 0 amide bonds. The van der Waals surface area contributed by atoms with E-state index in [1.165, 1.54) is 6.07 Å². The van der Waals surface area contributed by atoms with Crippen molar-refractivity contribution < 1.29 is 17.9 Å². The van der Waals surface area contributed by atoms with E-state index >= 15 is 0 Å². The first kappa shape index (κ1) is 13.0. The van der Waals surface area contributed by atoms with Crippen molar-refractivity contribution in [1.82, 2.24) is 0 Å². The summed E-state index contributed by atoms with van der Waals surface area (Å²) in [4.78, 5) is 11.3. The second kappa shape index (κ2) is 4.82. The summed E-state index contributed by atoms with van der Waals surface area (Å²) in [6, 6.07) is 1.19. The van der Waals surface area contributed by atoms with Crippen LogP contribution in [0.15, 0.2) is 14.1 Å². The lowest BCUT2D eigenvalue weighted by atomic mass is 10.3. The fraction of sp³-hybridized carbons (Fsp3) is 0.286. The molecule has 0 aliphatic rings. The van der Waals surface area contributed by atoms with Crippen LogP contribution in [-0.2, 0) is 13.8 Å². The van der Waals surface area contributed by atoms with Crippen LogP contribution in [0, 0.1) is 0 Å². The molecule has 0 aromatic carbocycles. The van der Waals surface area contributed by atoms with E-state index in [9.17, 15) is 13.2 Å². The number of esters is 1. The Kier molecular flexibility index (Phi) is 4.16. The SMILES string of the molecule is CCOC(=O)c1cc(S(=O)(=O)Cl)sc1Br. The van der Waals surface area contributed by atoms with Crippen LogP contribution in [0.1, 0.15) is 17.3 Å². The van der Waals surface area contributed by atoms with Crippen molar-refractivity contribution in [1.29, 1.82) is 0 Å². The van der Waals surface area contributed by atoms with E-state index < -0.39 is 15.0 Å². The molecule has 0 aliphatic carbocycles. The maximum atomic E-state index is 11.3. The largest absolute Gasteiger partial charge is 0.462 e. The van der Waals surface area contributed by atoms with Gasteiger partial charge in [-0.25, -0.2) is 13.2 Å². The smallest absolute Gasteiger partial charge is 0.340 e. The van der Waals surface area contributed by atoms with E-state index in [1.807, 2.05) is 0 Å². The predicted octanol–water partition coefficient (Wildman–Crippen LogP) is 2.61. The number of rotatable bonds is 3. The maximum Gasteiger partial charge on any atom is 0.340 e. The molecule has 0 saturated carbocycles. The minimum Gasteiger partial charge on any atom is -0.462 e. The number of hydrogen-bond donors (Lipinski definition) is 0. The lowest BCUT2D eigenvalue weighted by Crippen LogP contribution is -2.03. The number of carbonyl (C=O) groups is 1. The molecule has 0 aliphatic heterocycles. The molecule has 0 fully saturated rings. The van der Waals surface area contributed by atoms with Crippen molar-refractivity contribution >= 4 is 53.0 Å². The normalized spacial score (nSPS) is 11.4. The summed E-state index contributed by atoms with van der Waals surface area (Å²) in [7, 11) is 1.34. The van der Waals surface area contributed by atoms with Crippen LogP contribution >= 0.6 is 37.9 Å². The van der Waals surface area contributed by atoms with Gasteiger partial charge in [-0.2, -0.15) is 0 Å². The molecule has 1 aromatic heterocycles. The summed E-state index contributed by atoms with van der Waals surface area (Å²) in [6.45, 7) is 1.89. The Hall–Kier alpha value is -0.110. The molecule has 8 heteroatoms. The highest BCUT2D eigenvalue weighted by molar-refractivity contribution is 9.11. The first-order valence-corrected chi connectivity index (χ1v) is 7.69. The fourth-order valence-electron chi connectivity index (χ4n) is 0.816. The molecule has 84 valence electrons. The van der Waals surface area contributed by atoms with Crippen LogP contribution in [0.4, 0.5) is 0 Å². The minimum atomic E-state index is -3.80. The van der Waals surface area contributed by atoms with Gasteiger partial charge in [0.25, 0.3) is 9.05 Å². The van der Waals surface area contributed by atoms with E-state index in [0.29, 0.717) is 3.79 Å². The second-order valence-corrected chi connectivity index (χ2v) is 7.57. The number of carbonyl (C=O) groups excluding carboxylic acids is 1. The van der Waals surface area contributed by atoms with Crippen molar-refractivity contribution in [3.8, 4) is 0 Å². The summed E-state index contributed by atoms with van der Waals surface area (Å²) in [5, 5.41) is 0. The minimum absolute atomic E-state index is 0.0842. The Morgan fingerprint density at radius 2 is 2.27 bits per heavy atom. The summed E-state index contributed by atoms with van der Waals surface area (Å²) in [5.74, 6) is -0.577. The molecule has 0 spiro atoms. The summed E-state index contributed by atoms with van der Waals surface area (Å²) < 4.78 is 27.0. The molecule has 0 unspecified atom stereocenters. The Labute approximate surface area is 104 Å². The van der Waals surface area contributed by atoms with Gasteiger partial charge in [0.2, 0.25) is 0 Å². The van der Waals surface area contributed by atoms with Gasteiger partial charge in [0.05, 0.1) is 16.0 Å². The zero-order valence-electron chi connectivity index (χ0n) is 7.49. The first-order chi connectivity index (χ1) is 6.86. The van der Waals surface area contributed by atoms with Crippen molar-refractivity contribution in [3.63, 3.8) is 0 Å². The molecule has 1 aromatic rings. The van der Waals surface area contributed by atoms with Gasteiger partial charge < -0.3 is 4.74 Å². The Balaban J connectivity index is 3.13. The average Bonchev–Trinajstić information content (AvgIpc) is 2.47. The highest BCUT2D eigenvalue weighted by Crippen LogP contribution is 2.33. The number of hydrogen-bond acceptors (Lipinski definition) is 5. The molecule has 0 radical (unpaired) electrons. The van der Waals surface area contributed by atoms with Gasteiger partial charge in [0.1, 0.15) is 4.21 Å². The molecule has 0 bridgehead atoms. The standard InChI is InChI=1S/C7H6BrClO4S2/c1-2-13-7(10)4-3-5(14-6(4)8)15(9,11)12/h3H,2H2,1H3. The molecule has 0 N–H and O–H groups in total. The first-order valence-electron chi connectivity index (χ1n) is 3.77. The van der Waals surface area contributed by atoms with E-state index in [-0.39, 0.29) is 16.4 Å². The zero-order chi connectivity index (χ0) is 11.6. The van der Waals surface area contributed by atoms with Crippen molar-refractivity contribution in [2.24, 2.45) is 0 Å². The van der Waals surface area contributed by atoms with Gasteiger partial charge >= 0.3 is 5.97 Å². The molecule has 15 heavy (non-hydrogen) atoms. The van der Waals surface area contributed by atoms with Crippen LogP contribution < -0.4 is 0 Å². The highest BCUT2D eigenvalue weighted by atomic mass is 79.9. The third-order valence-electron chi connectivity index (χ3n) is 1.40. The zero-order valence-corrected chi connectivity index (χ0v) is 11.5. The van der Waals surface area contributed by atoms with Gasteiger partial charge in [0.15, 0.2) is 0 Å². The van der Waals surface area contributed by atoms with Gasteiger partial charge in [-0.05, 0) is 28.9 Å². The molecule has 1 rings (SSSR count). The van der Waals surface area contributed by atoms with Crippen molar-refractivity contribution in [2.75, 3.05) is 6.61 Å². The lowest BCUT2D eigenvalue weighted by molar-refractivity contribution is 0.0526. The lowest BCUT2D eigenvalue weighted by Gasteiger charge is -1.97. The average molecular weight is 334 g/mol. The third kappa shape index (κ3) is 3.17. The Bertz CT molecular complexity index is 479. The quantitative estimate of drug-likeness (QED) is 0.630.